The number of carbonyl (C=O) groups is 1. The van der Waals surface area contributed by atoms with Crippen LogP contribution < -0.4 is 44.7 Å². The SMILES string of the molecule is Cc1c(C#N)ncc2[nH]c(SC(C)C(=O)Nc3ccc(OC#N)c([O-])c3)nc12.[Na+]. The van der Waals surface area contributed by atoms with E-state index < -0.39 is 11.0 Å². The van der Waals surface area contributed by atoms with Gasteiger partial charge in [-0.1, -0.05) is 17.5 Å². The Labute approximate surface area is 192 Å². The van der Waals surface area contributed by atoms with Gasteiger partial charge in [-0.2, -0.15) is 5.26 Å². The number of carbonyl (C=O) groups excluding carboxylic acids is 1. The summed E-state index contributed by atoms with van der Waals surface area (Å²) < 4.78 is 4.52. The quantitative estimate of drug-likeness (QED) is 0.312. The number of nitrogens with one attached hydrogen (secondary N) is 2. The molecule has 0 fully saturated rings. The summed E-state index contributed by atoms with van der Waals surface area (Å²) in [5.41, 5.74) is 2.58. The molecule has 0 saturated heterocycles. The van der Waals surface area contributed by atoms with Gasteiger partial charge in [0.15, 0.2) is 5.16 Å². The number of pyridine rings is 1. The molecular weight excluding hydrogens is 403 g/mol. The maximum atomic E-state index is 12.4. The summed E-state index contributed by atoms with van der Waals surface area (Å²) >= 11 is 1.20. The van der Waals surface area contributed by atoms with Gasteiger partial charge in [-0.3, -0.25) is 4.79 Å². The van der Waals surface area contributed by atoms with Gasteiger partial charge < -0.3 is 20.1 Å². The summed E-state index contributed by atoms with van der Waals surface area (Å²) in [6.45, 7) is 3.46. The second kappa shape index (κ2) is 9.63. The van der Waals surface area contributed by atoms with Crippen molar-refractivity contribution in [1.29, 1.82) is 10.5 Å². The number of hydrogen-bond donors (Lipinski definition) is 2. The third kappa shape index (κ3) is 5.00. The van der Waals surface area contributed by atoms with Crippen LogP contribution in [0, 0.1) is 29.8 Å². The number of aryl methyl sites for hydroxylation is 1. The van der Waals surface area contributed by atoms with Crippen LogP contribution in [-0.4, -0.2) is 26.1 Å². The number of rotatable bonds is 5. The summed E-state index contributed by atoms with van der Waals surface area (Å²) in [5.74, 6) is -0.939. The molecule has 0 aliphatic heterocycles. The van der Waals surface area contributed by atoms with E-state index >= 15 is 0 Å². The van der Waals surface area contributed by atoms with Crippen molar-refractivity contribution in [2.45, 2.75) is 24.3 Å². The predicted octanol–water partition coefficient (Wildman–Crippen LogP) is -0.805. The first-order valence-electron chi connectivity index (χ1n) is 8.03. The predicted molar refractivity (Wildman–Crippen MR) is 99.4 cm³/mol. The molecule has 0 bridgehead atoms. The molecule has 11 heteroatoms. The van der Waals surface area contributed by atoms with Gasteiger partial charge in [0.05, 0.1) is 22.5 Å². The van der Waals surface area contributed by atoms with Gasteiger partial charge in [0.25, 0.3) is 6.26 Å². The van der Waals surface area contributed by atoms with Crippen LogP contribution in [0.2, 0.25) is 0 Å². The zero-order valence-corrected chi connectivity index (χ0v) is 18.6. The van der Waals surface area contributed by atoms with Crippen molar-refractivity contribution in [2.24, 2.45) is 0 Å². The van der Waals surface area contributed by atoms with E-state index in [2.05, 4.69) is 25.0 Å². The molecule has 0 aliphatic rings. The van der Waals surface area contributed by atoms with Crippen molar-refractivity contribution >= 4 is 34.4 Å². The summed E-state index contributed by atoms with van der Waals surface area (Å²) in [5, 5.41) is 31.9. The van der Waals surface area contributed by atoms with Crippen LogP contribution in [0.4, 0.5) is 5.69 Å². The van der Waals surface area contributed by atoms with E-state index in [4.69, 9.17) is 10.5 Å². The second-order valence-corrected chi connectivity index (χ2v) is 7.08. The van der Waals surface area contributed by atoms with Crippen molar-refractivity contribution < 1.29 is 44.2 Å². The first kappa shape index (κ1) is 22.5. The van der Waals surface area contributed by atoms with Crippen molar-refractivity contribution in [3.8, 4) is 23.8 Å². The van der Waals surface area contributed by atoms with Crippen LogP contribution in [-0.2, 0) is 4.79 Å². The fourth-order valence-corrected chi connectivity index (χ4v) is 3.25. The van der Waals surface area contributed by atoms with Crippen molar-refractivity contribution in [2.75, 3.05) is 5.32 Å². The van der Waals surface area contributed by atoms with Gasteiger partial charge in [0.2, 0.25) is 5.91 Å². The van der Waals surface area contributed by atoms with Crippen molar-refractivity contribution in [3.63, 3.8) is 0 Å². The number of benzene rings is 1. The summed E-state index contributed by atoms with van der Waals surface area (Å²) in [7, 11) is 0. The first-order chi connectivity index (χ1) is 13.4. The number of amides is 1. The number of ether oxygens (including phenoxy) is 1. The fraction of sp³-hybridized carbons (Fsp3) is 0.167. The molecule has 1 amide bonds. The summed E-state index contributed by atoms with van der Waals surface area (Å²) in [4.78, 5) is 24.0. The third-order valence-electron chi connectivity index (χ3n) is 3.87. The number of imidazole rings is 1. The number of fused-ring (bicyclic) bond motifs is 1. The number of nitrogens with zero attached hydrogens (tertiary/aromatic N) is 4. The van der Waals surface area contributed by atoms with E-state index in [0.717, 1.165) is 0 Å². The van der Waals surface area contributed by atoms with E-state index in [0.29, 0.717) is 33.1 Å². The largest absolute Gasteiger partial charge is 1.00 e. The number of hydrogen-bond acceptors (Lipinski definition) is 8. The standard InChI is InChI=1S/C18H14N6O3S.Na/c1-9-12(6-19)21-7-13-16(9)24-18(23-13)28-10(2)17(26)22-11-3-4-15(27-8-20)14(25)5-11;/h3-5,7,10,25H,1-2H3,(H,22,26)(H,23,24);/q;+1/p-1. The molecule has 1 unspecified atom stereocenters. The Bertz CT molecular complexity index is 1150. The maximum absolute atomic E-state index is 12.4. The molecule has 140 valence electrons. The van der Waals surface area contributed by atoms with Crippen LogP contribution in [0.1, 0.15) is 18.2 Å². The number of aromatic amines is 1. The van der Waals surface area contributed by atoms with Crippen LogP contribution in [0.25, 0.3) is 11.0 Å². The monoisotopic (exact) mass is 416 g/mol. The van der Waals surface area contributed by atoms with E-state index in [1.54, 1.807) is 13.8 Å². The molecule has 29 heavy (non-hydrogen) atoms. The molecule has 3 rings (SSSR count). The van der Waals surface area contributed by atoms with E-state index in [-0.39, 0.29) is 41.2 Å². The minimum absolute atomic E-state index is 0. The molecule has 0 radical (unpaired) electrons. The normalized spacial score (nSPS) is 11.0. The van der Waals surface area contributed by atoms with Gasteiger partial charge in [-0.05, 0) is 32.0 Å². The molecule has 1 aromatic carbocycles. The van der Waals surface area contributed by atoms with Gasteiger partial charge >= 0.3 is 29.6 Å². The van der Waals surface area contributed by atoms with E-state index in [9.17, 15) is 9.90 Å². The van der Waals surface area contributed by atoms with Crippen LogP contribution >= 0.6 is 11.8 Å². The summed E-state index contributed by atoms with van der Waals surface area (Å²) in [6.07, 6.45) is 2.96. The Hall–Kier alpha value is -2.76. The van der Waals surface area contributed by atoms with Crippen molar-refractivity contribution in [3.05, 3.63) is 35.7 Å². The average molecular weight is 416 g/mol. The molecule has 2 aromatic heterocycles. The van der Waals surface area contributed by atoms with E-state index in [1.807, 2.05) is 6.07 Å². The Balaban J connectivity index is 0.00000300. The Morgan fingerprint density at radius 3 is 2.83 bits per heavy atom. The average Bonchev–Trinajstić information content (AvgIpc) is 3.08. The minimum atomic E-state index is -0.519. The molecule has 0 saturated carbocycles. The Morgan fingerprint density at radius 2 is 2.17 bits per heavy atom. The van der Waals surface area contributed by atoms with Gasteiger partial charge in [0.1, 0.15) is 17.5 Å². The Morgan fingerprint density at radius 1 is 1.41 bits per heavy atom. The Kier molecular flexibility index (Phi) is 7.48. The fourth-order valence-electron chi connectivity index (χ4n) is 2.43. The first-order valence-corrected chi connectivity index (χ1v) is 8.90. The van der Waals surface area contributed by atoms with Gasteiger partial charge in [-0.15, -0.1) is 5.26 Å². The van der Waals surface area contributed by atoms with Gasteiger partial charge in [-0.25, -0.2) is 9.97 Å². The molecule has 2 N–H and O–H groups in total. The third-order valence-corrected chi connectivity index (χ3v) is 4.86. The minimum Gasteiger partial charge on any atom is -0.870 e. The molecule has 0 spiro atoms. The smallest absolute Gasteiger partial charge is 0.870 e. The zero-order chi connectivity index (χ0) is 20.3. The molecule has 9 nitrogen and oxygen atoms in total. The number of nitriles is 2. The molecular formula is C18H13N6NaO3S. The van der Waals surface area contributed by atoms with Crippen LogP contribution in [0.3, 0.4) is 0 Å². The zero-order valence-electron chi connectivity index (χ0n) is 15.8. The number of aromatic nitrogens is 3. The van der Waals surface area contributed by atoms with Crippen molar-refractivity contribution in [1.82, 2.24) is 15.0 Å². The molecule has 2 heterocycles. The maximum Gasteiger partial charge on any atom is 1.00 e. The van der Waals surface area contributed by atoms with Crippen LogP contribution in [0.15, 0.2) is 29.6 Å². The number of H-pyrrole nitrogens is 1. The number of anilines is 1. The molecule has 3 aromatic rings. The number of thioether (sulfide) groups is 1. The van der Waals surface area contributed by atoms with E-state index in [1.165, 1.54) is 42.4 Å². The van der Waals surface area contributed by atoms with Gasteiger partial charge in [0, 0.05) is 11.3 Å². The topological polar surface area (TPSA) is 151 Å². The van der Waals surface area contributed by atoms with Crippen LogP contribution in [0.5, 0.6) is 11.5 Å². The molecule has 1 atom stereocenters. The summed E-state index contributed by atoms with van der Waals surface area (Å²) in [6, 6.07) is 5.99. The molecule has 0 aliphatic carbocycles. The second-order valence-electron chi connectivity index (χ2n) is 5.75.